The average molecular weight is 233 g/mol. The van der Waals surface area contributed by atoms with Gasteiger partial charge in [0.05, 0.1) is 11.6 Å². The van der Waals surface area contributed by atoms with E-state index in [-0.39, 0.29) is 0 Å². The molecular weight excluding hydrogens is 217 g/mol. The van der Waals surface area contributed by atoms with Crippen LogP contribution in [0.3, 0.4) is 0 Å². The van der Waals surface area contributed by atoms with Gasteiger partial charge in [0.25, 0.3) is 0 Å². The summed E-state index contributed by atoms with van der Waals surface area (Å²) in [6, 6.07) is 5.84. The second-order valence-electron chi connectivity index (χ2n) is 4.58. The van der Waals surface area contributed by atoms with E-state index in [2.05, 4.69) is 11.0 Å². The molecule has 17 heavy (non-hydrogen) atoms. The third kappa shape index (κ3) is 2.56. The maximum atomic E-state index is 12.6. The van der Waals surface area contributed by atoms with Crippen molar-refractivity contribution in [3.05, 3.63) is 28.8 Å². The van der Waals surface area contributed by atoms with Gasteiger partial charge in [-0.05, 0) is 30.5 Å². The van der Waals surface area contributed by atoms with Crippen LogP contribution in [0, 0.1) is 18.3 Å². The molecule has 0 aromatic heterocycles. The fourth-order valence-corrected chi connectivity index (χ4v) is 2.06. The summed E-state index contributed by atoms with van der Waals surface area (Å²) in [7, 11) is 0. The van der Waals surface area contributed by atoms with Gasteiger partial charge in [-0.15, -0.1) is 0 Å². The number of nitrogens with two attached hydrogens (primary N) is 1. The van der Waals surface area contributed by atoms with Crippen LogP contribution < -0.4 is 5.73 Å². The summed E-state index contributed by atoms with van der Waals surface area (Å²) in [4.78, 5) is 2.05. The van der Waals surface area contributed by atoms with Crippen molar-refractivity contribution in [1.82, 2.24) is 4.90 Å². The van der Waals surface area contributed by atoms with Crippen molar-refractivity contribution in [3.8, 4) is 6.07 Å². The Morgan fingerprint density at radius 2 is 2.24 bits per heavy atom. The van der Waals surface area contributed by atoms with Crippen molar-refractivity contribution in [2.24, 2.45) is 0 Å². The molecule has 1 aromatic rings. The van der Waals surface area contributed by atoms with Gasteiger partial charge in [0.2, 0.25) is 0 Å². The molecule has 4 heteroatoms. The van der Waals surface area contributed by atoms with E-state index in [9.17, 15) is 4.39 Å². The highest BCUT2D eigenvalue weighted by Crippen LogP contribution is 2.19. The Balaban J connectivity index is 2.05. The number of nitriles is 1. The van der Waals surface area contributed by atoms with Crippen LogP contribution in [0.5, 0.6) is 0 Å². The molecule has 2 rings (SSSR count). The second-order valence-corrected chi connectivity index (χ2v) is 4.58. The maximum Gasteiger partial charge on any atom is 0.125 e. The quantitative estimate of drug-likeness (QED) is 0.807. The van der Waals surface area contributed by atoms with Gasteiger partial charge in [0, 0.05) is 25.3 Å². The van der Waals surface area contributed by atoms with E-state index in [1.165, 1.54) is 0 Å². The molecular formula is C13H16FN3. The van der Waals surface area contributed by atoms with Gasteiger partial charge in [0.15, 0.2) is 0 Å². The number of anilines is 1. The van der Waals surface area contributed by atoms with Crippen LogP contribution in [0.1, 0.15) is 16.7 Å². The predicted octanol–water partition coefficient (Wildman–Crippen LogP) is 1.65. The first-order valence-electron chi connectivity index (χ1n) is 5.75. The van der Waals surface area contributed by atoms with Crippen LogP contribution in [0.25, 0.3) is 0 Å². The molecule has 90 valence electrons. The van der Waals surface area contributed by atoms with Gasteiger partial charge in [-0.25, -0.2) is 4.39 Å². The minimum absolute atomic E-state index is 0.524. The monoisotopic (exact) mass is 233 g/mol. The Bertz CT molecular complexity index is 458. The fourth-order valence-electron chi connectivity index (χ4n) is 2.06. The Kier molecular flexibility index (Phi) is 3.30. The molecule has 1 fully saturated rings. The molecule has 0 atom stereocenters. The number of alkyl halides is 1. The van der Waals surface area contributed by atoms with E-state index in [0.717, 1.165) is 24.1 Å². The summed E-state index contributed by atoms with van der Waals surface area (Å²) in [5, 5.41) is 9.03. The van der Waals surface area contributed by atoms with Crippen molar-refractivity contribution >= 4 is 5.69 Å². The molecule has 0 bridgehead atoms. The molecule has 0 spiro atoms. The first-order valence-corrected chi connectivity index (χ1v) is 5.75. The number of rotatable bonds is 3. The minimum Gasteiger partial charge on any atom is -0.398 e. The predicted molar refractivity (Wildman–Crippen MR) is 65.3 cm³/mol. The van der Waals surface area contributed by atoms with E-state index >= 15 is 0 Å². The molecule has 0 radical (unpaired) electrons. The highest BCUT2D eigenvalue weighted by atomic mass is 19.1. The van der Waals surface area contributed by atoms with Crippen molar-refractivity contribution in [2.75, 3.05) is 25.4 Å². The standard InChI is InChI=1S/C13H16FN3/c1-9-4-10(11(6-15)5-13(9)16)2-3-17-7-12(14)8-17/h4-5,12H,2-3,7-8,16H2,1H3. The average Bonchev–Trinajstić information content (AvgIpc) is 2.27. The molecule has 1 aliphatic rings. The van der Waals surface area contributed by atoms with Crippen molar-refractivity contribution in [1.29, 1.82) is 5.26 Å². The number of benzene rings is 1. The van der Waals surface area contributed by atoms with E-state index in [1.807, 2.05) is 13.0 Å². The minimum atomic E-state index is -0.668. The number of likely N-dealkylation sites (tertiary alicyclic amines) is 1. The molecule has 0 aliphatic carbocycles. The van der Waals surface area contributed by atoms with E-state index in [0.29, 0.717) is 24.3 Å². The third-order valence-corrected chi connectivity index (χ3v) is 3.22. The third-order valence-electron chi connectivity index (χ3n) is 3.22. The van der Waals surface area contributed by atoms with Gasteiger partial charge in [-0.1, -0.05) is 6.07 Å². The normalized spacial score (nSPS) is 16.5. The van der Waals surface area contributed by atoms with Gasteiger partial charge in [-0.3, -0.25) is 4.90 Å². The molecule has 0 saturated carbocycles. The van der Waals surface area contributed by atoms with Gasteiger partial charge < -0.3 is 5.73 Å². The summed E-state index contributed by atoms with van der Waals surface area (Å²) < 4.78 is 12.6. The lowest BCUT2D eigenvalue weighted by molar-refractivity contribution is 0.0670. The van der Waals surface area contributed by atoms with Gasteiger partial charge in [0.1, 0.15) is 6.17 Å². The smallest absolute Gasteiger partial charge is 0.125 e. The lowest BCUT2D eigenvalue weighted by atomic mass is 10.00. The highest BCUT2D eigenvalue weighted by molar-refractivity contribution is 5.55. The number of hydrogen-bond donors (Lipinski definition) is 1. The Morgan fingerprint density at radius 3 is 2.82 bits per heavy atom. The molecule has 2 N–H and O–H groups in total. The number of nitrogen functional groups attached to an aromatic ring is 1. The van der Waals surface area contributed by atoms with Crippen LogP contribution in [-0.2, 0) is 6.42 Å². The summed E-state index contributed by atoms with van der Waals surface area (Å²) in [6.45, 7) is 3.78. The molecule has 1 saturated heterocycles. The summed E-state index contributed by atoms with van der Waals surface area (Å²) in [5.74, 6) is 0. The van der Waals surface area contributed by atoms with Crippen LogP contribution >= 0.6 is 0 Å². The molecule has 1 aliphatic heterocycles. The Labute approximate surface area is 101 Å². The molecule has 0 amide bonds. The van der Waals surface area contributed by atoms with Crippen LogP contribution in [0.15, 0.2) is 12.1 Å². The Hall–Kier alpha value is -1.60. The lowest BCUT2D eigenvalue weighted by Crippen LogP contribution is -2.48. The molecule has 3 nitrogen and oxygen atoms in total. The Morgan fingerprint density at radius 1 is 1.53 bits per heavy atom. The van der Waals surface area contributed by atoms with Crippen LogP contribution in [0.2, 0.25) is 0 Å². The van der Waals surface area contributed by atoms with Gasteiger partial charge >= 0.3 is 0 Å². The summed E-state index contributed by atoms with van der Waals surface area (Å²) in [6.07, 6.45) is 0.107. The SMILES string of the molecule is Cc1cc(CCN2CC(F)C2)c(C#N)cc1N. The number of aryl methyl sites for hydroxylation is 1. The van der Waals surface area contributed by atoms with Crippen molar-refractivity contribution < 1.29 is 4.39 Å². The van der Waals surface area contributed by atoms with E-state index in [4.69, 9.17) is 11.0 Å². The topological polar surface area (TPSA) is 53.0 Å². The zero-order valence-corrected chi connectivity index (χ0v) is 9.91. The highest BCUT2D eigenvalue weighted by Gasteiger charge is 2.25. The lowest BCUT2D eigenvalue weighted by Gasteiger charge is -2.34. The zero-order valence-electron chi connectivity index (χ0n) is 9.91. The van der Waals surface area contributed by atoms with Crippen molar-refractivity contribution in [3.63, 3.8) is 0 Å². The number of hydrogen-bond acceptors (Lipinski definition) is 3. The number of halogens is 1. The number of nitrogens with zero attached hydrogens (tertiary/aromatic N) is 2. The maximum absolute atomic E-state index is 12.6. The largest absolute Gasteiger partial charge is 0.398 e. The zero-order chi connectivity index (χ0) is 12.4. The fraction of sp³-hybridized carbons (Fsp3) is 0.462. The molecule has 1 heterocycles. The first kappa shape index (κ1) is 11.9. The summed E-state index contributed by atoms with van der Waals surface area (Å²) in [5.41, 5.74) is 9.04. The van der Waals surface area contributed by atoms with Crippen LogP contribution in [-0.4, -0.2) is 30.7 Å². The van der Waals surface area contributed by atoms with E-state index < -0.39 is 6.17 Å². The summed E-state index contributed by atoms with van der Waals surface area (Å²) >= 11 is 0. The molecule has 1 aromatic carbocycles. The second kappa shape index (κ2) is 4.72. The van der Waals surface area contributed by atoms with Gasteiger partial charge in [-0.2, -0.15) is 5.26 Å². The van der Waals surface area contributed by atoms with Crippen molar-refractivity contribution in [2.45, 2.75) is 19.5 Å². The molecule has 0 unspecified atom stereocenters. The first-order chi connectivity index (χ1) is 8.10. The van der Waals surface area contributed by atoms with Crippen LogP contribution in [0.4, 0.5) is 10.1 Å². The van der Waals surface area contributed by atoms with E-state index in [1.54, 1.807) is 6.07 Å².